The number of methoxy groups -OCH3 is 2. The van der Waals surface area contributed by atoms with E-state index in [0.717, 1.165) is 12.1 Å². The minimum Gasteiger partial charge on any atom is -0.508 e. The second-order valence-corrected chi connectivity index (χ2v) is 16.4. The van der Waals surface area contributed by atoms with Gasteiger partial charge in [0.1, 0.15) is 45.6 Å². The largest absolute Gasteiger partial charge is 0.508 e. The van der Waals surface area contributed by atoms with Crippen molar-refractivity contribution in [3.63, 3.8) is 0 Å². The summed E-state index contributed by atoms with van der Waals surface area (Å²) in [5, 5.41) is 100. The van der Waals surface area contributed by atoms with E-state index in [-0.39, 0.29) is 81.8 Å². The van der Waals surface area contributed by atoms with Crippen LogP contribution in [0.2, 0.25) is 0 Å². The summed E-state index contributed by atoms with van der Waals surface area (Å²) in [5.74, 6) is -1.65. The maximum atomic E-state index is 12.7. The van der Waals surface area contributed by atoms with Crippen LogP contribution in [0.5, 0.6) is 80.5 Å². The fourth-order valence-corrected chi connectivity index (χ4v) is 8.56. The number of carbonyl (C=O) groups excluding carboxylic acids is 2. The van der Waals surface area contributed by atoms with E-state index in [1.54, 1.807) is 60.7 Å². The molecule has 0 aliphatic carbocycles. The molecule has 4 aliphatic heterocycles. The summed E-state index contributed by atoms with van der Waals surface area (Å²) < 4.78 is 46.0. The molecule has 10 N–H and O–H groups in total. The molecule has 0 amide bonds. The molecule has 0 aromatic heterocycles. The van der Waals surface area contributed by atoms with Crippen molar-refractivity contribution in [2.45, 2.75) is 48.8 Å². The zero-order valence-corrected chi connectivity index (χ0v) is 36.8. The van der Waals surface area contributed by atoms with Crippen LogP contribution < -0.4 is 37.9 Å². The number of aliphatic hydroxyl groups excluding tert-OH is 4. The molecule has 4 aliphatic rings. The Morgan fingerprint density at radius 2 is 0.771 bits per heavy atom. The van der Waals surface area contributed by atoms with E-state index < -0.39 is 71.9 Å². The first-order valence-electron chi connectivity index (χ1n) is 21.4. The van der Waals surface area contributed by atoms with E-state index in [1.807, 2.05) is 0 Å². The van der Waals surface area contributed by atoms with Crippen LogP contribution in [0.25, 0.3) is 0 Å². The van der Waals surface area contributed by atoms with Gasteiger partial charge in [0.2, 0.25) is 11.6 Å². The van der Waals surface area contributed by atoms with Crippen LogP contribution in [0.4, 0.5) is 0 Å². The highest BCUT2D eigenvalue weighted by Crippen LogP contribution is 2.48. The summed E-state index contributed by atoms with van der Waals surface area (Å²) in [6.45, 7) is -0.699. The number of ketones is 2. The second-order valence-electron chi connectivity index (χ2n) is 16.4. The van der Waals surface area contributed by atoms with Gasteiger partial charge < -0.3 is 89.0 Å². The Bertz CT molecular complexity index is 2810. The van der Waals surface area contributed by atoms with Gasteiger partial charge in [0.15, 0.2) is 94.8 Å². The van der Waals surface area contributed by atoms with E-state index in [1.165, 1.54) is 38.5 Å². The van der Waals surface area contributed by atoms with Gasteiger partial charge in [-0.15, -0.1) is 0 Å². The van der Waals surface area contributed by atoms with E-state index in [9.17, 15) is 60.7 Å². The third kappa shape index (κ3) is 8.49. The standard InChI is InChI=1S/2C25H22O10/c2*1-32-17-6-11(2-4-14(17)28)24-20(10-26)33-16-5-3-12(7-18(16)34-24)25-23(31)22(30)21-15(29)8-13(27)9-19(21)35-25/h2*2-9,20,23-29,31H,10H2,1H3/t2*20-,23+,24-,25-/m11/s1. The molecule has 0 spiro atoms. The Balaban J connectivity index is 0.000000174. The lowest BCUT2D eigenvalue weighted by Gasteiger charge is -2.35. The summed E-state index contributed by atoms with van der Waals surface area (Å²) >= 11 is 0. The molecule has 20 heteroatoms. The highest BCUT2D eigenvalue weighted by atomic mass is 16.6. The number of aliphatic hydroxyl groups is 4. The SMILES string of the molecule is COc1cc([C@H]2Oc3cc([C@H]4Oc5cc(O)cc(O)c5C(=O)[C@@H]4O)ccc3O[C@@H]2CO)ccc1O.COc1cc([C@H]2Oc3cc([C@H]4Oc5cc(O)cc(O)c5C(=O)[C@@H]4O)ccc3O[C@@H]2CO)ccc1O. The molecule has 0 fully saturated rings. The van der Waals surface area contributed by atoms with Gasteiger partial charge in [-0.25, -0.2) is 0 Å². The molecule has 364 valence electrons. The number of aromatic hydroxyl groups is 6. The van der Waals surface area contributed by atoms with Gasteiger partial charge in [-0.3, -0.25) is 9.59 Å². The second kappa shape index (κ2) is 18.7. The van der Waals surface area contributed by atoms with Gasteiger partial charge in [0, 0.05) is 35.4 Å². The fraction of sp³-hybridized carbons (Fsp3) is 0.240. The summed E-state index contributed by atoms with van der Waals surface area (Å²) in [6, 6.07) is 23.0. The Labute approximate surface area is 396 Å². The maximum absolute atomic E-state index is 12.7. The van der Waals surface area contributed by atoms with Gasteiger partial charge in [0.25, 0.3) is 0 Å². The first-order chi connectivity index (χ1) is 33.6. The van der Waals surface area contributed by atoms with Crippen molar-refractivity contribution in [2.24, 2.45) is 0 Å². The van der Waals surface area contributed by atoms with Crippen molar-refractivity contribution < 1.29 is 98.5 Å². The predicted molar refractivity (Wildman–Crippen MR) is 239 cm³/mol. The van der Waals surface area contributed by atoms with Crippen molar-refractivity contribution in [3.8, 4) is 80.5 Å². The van der Waals surface area contributed by atoms with E-state index in [2.05, 4.69) is 0 Å². The first kappa shape index (κ1) is 46.8. The van der Waals surface area contributed by atoms with Gasteiger partial charge >= 0.3 is 0 Å². The minimum atomic E-state index is -1.62. The Kier molecular flexibility index (Phi) is 12.5. The number of ether oxygens (including phenoxy) is 8. The van der Waals surface area contributed by atoms with Crippen LogP contribution in [-0.4, -0.2) is 114 Å². The van der Waals surface area contributed by atoms with E-state index >= 15 is 0 Å². The fourth-order valence-electron chi connectivity index (χ4n) is 8.56. The average molecular weight is 965 g/mol. The quantitative estimate of drug-likeness (QED) is 0.0986. The van der Waals surface area contributed by atoms with Crippen molar-refractivity contribution >= 4 is 11.6 Å². The lowest BCUT2D eigenvalue weighted by atomic mass is 9.92. The smallest absolute Gasteiger partial charge is 0.202 e. The number of carbonyl (C=O) groups is 2. The molecule has 0 unspecified atom stereocenters. The molecular weight excluding hydrogens is 921 g/mol. The van der Waals surface area contributed by atoms with Crippen molar-refractivity contribution in [1.29, 1.82) is 0 Å². The normalized spacial score (nSPS) is 22.8. The average Bonchev–Trinajstić information content (AvgIpc) is 3.35. The minimum absolute atomic E-state index is 0.0540. The number of phenolic OH excluding ortho intramolecular Hbond substituents is 6. The summed E-state index contributed by atoms with van der Waals surface area (Å²) in [5.41, 5.74) is 1.50. The topological polar surface area (TPSA) is 310 Å². The Morgan fingerprint density at radius 1 is 0.414 bits per heavy atom. The number of hydrogen-bond donors (Lipinski definition) is 10. The number of Topliss-reactive ketones (excluding diaryl/α,β-unsaturated/α-hetero) is 2. The number of phenols is 6. The molecule has 10 rings (SSSR count). The zero-order valence-electron chi connectivity index (χ0n) is 36.8. The molecular formula is C50H44O20. The summed E-state index contributed by atoms with van der Waals surface area (Å²) in [6.07, 6.45) is -8.56. The third-order valence-corrected chi connectivity index (χ3v) is 12.0. The zero-order chi connectivity index (χ0) is 49.7. The highest BCUT2D eigenvalue weighted by Gasteiger charge is 2.43. The first-order valence-corrected chi connectivity index (χ1v) is 21.4. The molecule has 6 aromatic carbocycles. The monoisotopic (exact) mass is 964 g/mol. The van der Waals surface area contributed by atoms with Crippen LogP contribution in [-0.2, 0) is 0 Å². The van der Waals surface area contributed by atoms with E-state index in [0.29, 0.717) is 33.8 Å². The van der Waals surface area contributed by atoms with Crippen molar-refractivity contribution in [1.82, 2.24) is 0 Å². The van der Waals surface area contributed by atoms with E-state index in [4.69, 9.17) is 37.9 Å². The highest BCUT2D eigenvalue weighted by molar-refractivity contribution is 6.06. The number of rotatable bonds is 8. The van der Waals surface area contributed by atoms with Crippen LogP contribution in [0.15, 0.2) is 97.1 Å². The molecule has 0 radical (unpaired) electrons. The lowest BCUT2D eigenvalue weighted by molar-refractivity contribution is -0.0130. The Morgan fingerprint density at radius 3 is 1.14 bits per heavy atom. The van der Waals surface area contributed by atoms with Crippen LogP contribution in [0.3, 0.4) is 0 Å². The van der Waals surface area contributed by atoms with Gasteiger partial charge in [-0.1, -0.05) is 24.3 Å². The summed E-state index contributed by atoms with van der Waals surface area (Å²) in [7, 11) is 2.83. The number of benzene rings is 6. The number of fused-ring (bicyclic) bond motifs is 4. The Hall–Kier alpha value is -8.30. The number of hydrogen-bond acceptors (Lipinski definition) is 20. The third-order valence-electron chi connectivity index (χ3n) is 12.0. The molecule has 4 heterocycles. The van der Waals surface area contributed by atoms with Gasteiger partial charge in [-0.05, 0) is 59.7 Å². The van der Waals surface area contributed by atoms with Crippen LogP contribution >= 0.6 is 0 Å². The van der Waals surface area contributed by atoms with Gasteiger partial charge in [-0.2, -0.15) is 0 Å². The van der Waals surface area contributed by atoms with Gasteiger partial charge in [0.05, 0.1) is 27.4 Å². The molecule has 20 nitrogen and oxygen atoms in total. The summed E-state index contributed by atoms with van der Waals surface area (Å²) in [4.78, 5) is 25.5. The molecule has 0 saturated heterocycles. The molecule has 0 saturated carbocycles. The molecule has 8 atom stereocenters. The molecule has 70 heavy (non-hydrogen) atoms. The lowest BCUT2D eigenvalue weighted by Crippen LogP contribution is -2.37. The predicted octanol–water partition coefficient (Wildman–Crippen LogP) is 4.73. The van der Waals surface area contributed by atoms with Crippen molar-refractivity contribution in [2.75, 3.05) is 27.4 Å². The van der Waals surface area contributed by atoms with Crippen molar-refractivity contribution in [3.05, 3.63) is 130 Å². The maximum Gasteiger partial charge on any atom is 0.202 e. The molecule has 6 aromatic rings. The molecule has 0 bridgehead atoms. The van der Waals surface area contributed by atoms with Crippen LogP contribution in [0, 0.1) is 0 Å². The van der Waals surface area contributed by atoms with Crippen LogP contribution in [0.1, 0.15) is 67.4 Å².